The molecule has 0 bridgehead atoms. The van der Waals surface area contributed by atoms with Crippen molar-refractivity contribution in [1.82, 2.24) is 0 Å². The smallest absolute Gasteiger partial charge is 1.00 e. The van der Waals surface area contributed by atoms with Crippen LogP contribution in [-0.2, 0) is 10.1 Å². The maximum absolute atomic E-state index is 12.2. The fourth-order valence-electron chi connectivity index (χ4n) is 0.523. The van der Waals surface area contributed by atoms with Crippen LogP contribution < -0.4 is 0 Å². The molecule has 0 aliphatic carbocycles. The van der Waals surface area contributed by atoms with E-state index in [0.717, 1.165) is 0 Å². The summed E-state index contributed by atoms with van der Waals surface area (Å²) in [5, 5.41) is -7.00. The van der Waals surface area contributed by atoms with Crippen molar-refractivity contribution < 1.29 is 55.3 Å². The van der Waals surface area contributed by atoms with E-state index in [2.05, 4.69) is 0 Å². The van der Waals surface area contributed by atoms with Gasteiger partial charge in [0.2, 0.25) is 0 Å². The van der Waals surface area contributed by atoms with Crippen molar-refractivity contribution in [2.75, 3.05) is 0 Å². The zero-order valence-corrected chi connectivity index (χ0v) is 13.0. The summed E-state index contributed by atoms with van der Waals surface area (Å²) in [6.45, 7) is 0. The molecule has 0 rings (SSSR count). The molecule has 0 amide bonds. The van der Waals surface area contributed by atoms with E-state index in [-0.39, 0.29) is 51.7 Å². The molecule has 0 aliphatic heterocycles. The number of hydrogen-bond donors (Lipinski definition) is 1. The Morgan fingerprint density at radius 2 is 1.06 bits per heavy atom. The molecule has 0 aromatic rings. The molecule has 0 saturated heterocycles. The monoisotopic (exact) mass is 440 g/mol. The Morgan fingerprint density at radius 3 is 1.22 bits per heavy atom. The summed E-state index contributed by atoms with van der Waals surface area (Å²) in [4.78, 5) is 0. The van der Waals surface area contributed by atoms with Crippen LogP contribution >= 0.6 is 0 Å². The van der Waals surface area contributed by atoms with Crippen molar-refractivity contribution in [3.05, 3.63) is 0 Å². The van der Waals surface area contributed by atoms with Crippen LogP contribution in [0.5, 0.6) is 0 Å². The Morgan fingerprint density at radius 1 is 0.778 bits per heavy atom. The quantitative estimate of drug-likeness (QED) is 0.417. The van der Waals surface area contributed by atoms with Gasteiger partial charge in [-0.25, -0.2) is 0 Å². The molecule has 0 saturated carbocycles. The summed E-state index contributed by atoms with van der Waals surface area (Å²) in [5.74, 6) is -14.7. The second-order valence-electron chi connectivity index (χ2n) is 2.64. The van der Waals surface area contributed by atoms with Crippen molar-refractivity contribution in [3.8, 4) is 0 Å². The van der Waals surface area contributed by atoms with Gasteiger partial charge in [0.25, 0.3) is 0 Å². The van der Waals surface area contributed by atoms with Gasteiger partial charge < -0.3 is 2.85 Å². The Hall–Kier alpha value is 0.851. The molecule has 3 nitrogen and oxygen atoms in total. The molecule has 0 aromatic heterocycles. The molecule has 0 fully saturated rings. The fraction of sp³-hybridized carbons (Fsp3) is 1.00. The number of rotatable bonds is 3. The van der Waals surface area contributed by atoms with Crippen LogP contribution in [0.15, 0.2) is 0 Å². The summed E-state index contributed by atoms with van der Waals surface area (Å²) >= 11 is 0. The van der Waals surface area contributed by atoms with E-state index in [4.69, 9.17) is 4.55 Å². The third kappa shape index (κ3) is 3.12. The van der Waals surface area contributed by atoms with Gasteiger partial charge in [0.1, 0.15) is 0 Å². The van der Waals surface area contributed by atoms with E-state index in [1.165, 1.54) is 0 Å². The molecular weight excluding hydrogens is 436 g/mol. The summed E-state index contributed by atoms with van der Waals surface area (Å²) < 4.78 is 134. The van der Waals surface area contributed by atoms with Gasteiger partial charge in [-0.15, -0.1) is 0 Å². The van der Waals surface area contributed by atoms with Crippen LogP contribution in [0, 0.1) is 0 Å². The van der Waals surface area contributed by atoms with Crippen LogP contribution in [0.25, 0.3) is 0 Å². The number of hydrogen-bond acceptors (Lipinski definition) is 2. The van der Waals surface area contributed by atoms with Crippen LogP contribution in [0.3, 0.4) is 0 Å². The summed E-state index contributed by atoms with van der Waals surface area (Å²) in [7, 11) is -7.17. The van der Waals surface area contributed by atoms with Crippen molar-refractivity contribution in [2.45, 2.75) is 23.3 Å². The Labute approximate surface area is 136 Å². The predicted molar refractivity (Wildman–Crippen MR) is 40.4 cm³/mol. The van der Waals surface area contributed by atoms with Crippen LogP contribution in [0.4, 0.5) is 39.5 Å². The zero-order valence-electron chi connectivity index (χ0n) is 9.78. The van der Waals surface area contributed by atoms with E-state index >= 15 is 0 Å². The molecule has 0 heterocycles. The maximum atomic E-state index is 12.2. The third-order valence-electron chi connectivity index (χ3n) is 1.44. The van der Waals surface area contributed by atoms with Gasteiger partial charge in [0.15, 0.2) is 0 Å². The van der Waals surface area contributed by atoms with Gasteiger partial charge >= 0.3 is 82.3 Å². The minimum Gasteiger partial charge on any atom is -1.00 e. The van der Waals surface area contributed by atoms with Crippen molar-refractivity contribution in [3.63, 3.8) is 0 Å². The van der Waals surface area contributed by atoms with E-state index in [1.807, 2.05) is 0 Å². The van der Waals surface area contributed by atoms with E-state index in [0.29, 0.717) is 0 Å². The molecule has 14 heteroatoms. The SMILES string of the molecule is O=S(=O)(O)C(F)(F)C(F)(F)C(F)(F)C(F)(F)F.[Ba+2].[H-].[H-]. The van der Waals surface area contributed by atoms with Gasteiger partial charge in [0.05, 0.1) is 0 Å². The number of alkyl halides is 9. The number of halogens is 9. The van der Waals surface area contributed by atoms with Crippen LogP contribution in [0.2, 0.25) is 0 Å². The van der Waals surface area contributed by atoms with Crippen LogP contribution in [0.1, 0.15) is 2.85 Å². The van der Waals surface area contributed by atoms with E-state index < -0.39 is 33.4 Å². The first-order valence-corrected chi connectivity index (χ1v) is 4.61. The molecule has 0 aromatic carbocycles. The maximum Gasteiger partial charge on any atom is 2.00 e. The largest absolute Gasteiger partial charge is 2.00 e. The van der Waals surface area contributed by atoms with Gasteiger partial charge in [-0.2, -0.15) is 47.9 Å². The summed E-state index contributed by atoms with van der Waals surface area (Å²) in [6, 6.07) is 0. The fourth-order valence-corrected chi connectivity index (χ4v) is 0.975. The first-order valence-electron chi connectivity index (χ1n) is 3.17. The van der Waals surface area contributed by atoms with Gasteiger partial charge in [-0.05, 0) is 0 Å². The molecule has 1 N–H and O–H groups in total. The molecular formula is C4H3BaF9O3S. The molecule has 0 unspecified atom stereocenters. The molecule has 0 spiro atoms. The first kappa shape index (κ1) is 21.2. The minimum atomic E-state index is -7.37. The third-order valence-corrected chi connectivity index (χ3v) is 2.34. The van der Waals surface area contributed by atoms with E-state index in [1.54, 1.807) is 0 Å². The van der Waals surface area contributed by atoms with E-state index in [9.17, 15) is 47.9 Å². The normalized spacial score (nSPS) is 15.2. The summed E-state index contributed by atoms with van der Waals surface area (Å²) in [6.07, 6.45) is -7.13. The van der Waals surface area contributed by atoms with Gasteiger partial charge in [0, 0.05) is 0 Å². The molecule has 18 heavy (non-hydrogen) atoms. The van der Waals surface area contributed by atoms with Gasteiger partial charge in [-0.3, -0.25) is 4.55 Å². The second-order valence-corrected chi connectivity index (χ2v) is 4.10. The molecule has 0 atom stereocenters. The predicted octanol–water partition coefficient (Wildman–Crippen LogP) is 2.14. The summed E-state index contributed by atoms with van der Waals surface area (Å²) in [5.41, 5.74) is 0. The zero-order chi connectivity index (χ0) is 14.5. The molecule has 108 valence electrons. The Kier molecular flexibility index (Phi) is 6.26. The molecule has 0 aliphatic rings. The average molecular weight is 439 g/mol. The van der Waals surface area contributed by atoms with Crippen molar-refractivity contribution >= 4 is 59.0 Å². The van der Waals surface area contributed by atoms with Gasteiger partial charge in [-0.1, -0.05) is 0 Å². The van der Waals surface area contributed by atoms with Crippen LogP contribution in [-0.4, -0.2) is 85.1 Å². The second kappa shape index (κ2) is 5.33. The Bertz CT molecular complexity index is 408. The van der Waals surface area contributed by atoms with Crippen molar-refractivity contribution in [2.24, 2.45) is 0 Å². The molecule has 0 radical (unpaired) electrons. The minimum absolute atomic E-state index is 0. The van der Waals surface area contributed by atoms with Crippen molar-refractivity contribution in [1.29, 1.82) is 0 Å². The topological polar surface area (TPSA) is 54.4 Å². The Balaban J connectivity index is -0.000000427. The standard InChI is InChI=1S/C4HF9O3S.Ba.2H/c5-1(6,3(9,10)11)2(7,8)4(12,13)17(14,15)16;;;/h(H,14,15,16);;;/q;+2;2*-1. The average Bonchev–Trinajstić information content (AvgIpc) is 1.98. The first-order chi connectivity index (χ1) is 7.00.